The number of hydrogen-bond acceptors (Lipinski definition) is 4. The van der Waals surface area contributed by atoms with Crippen LogP contribution in [-0.2, 0) is 4.79 Å². The Morgan fingerprint density at radius 2 is 2.11 bits per heavy atom. The molecule has 0 aliphatic heterocycles. The van der Waals surface area contributed by atoms with Crippen LogP contribution in [-0.4, -0.2) is 17.6 Å². The summed E-state index contributed by atoms with van der Waals surface area (Å²) in [4.78, 5) is 11.5. The van der Waals surface area contributed by atoms with E-state index in [1.54, 1.807) is 28.7 Å². The molecule has 0 aliphatic carbocycles. The first-order valence-corrected chi connectivity index (χ1v) is 7.82. The van der Waals surface area contributed by atoms with Crippen LogP contribution in [0.25, 0.3) is 6.08 Å². The normalized spacial score (nSPS) is 12.7. The molecule has 2 heterocycles. The molecule has 100 valence electrons. The van der Waals surface area contributed by atoms with Crippen LogP contribution in [0.5, 0.6) is 0 Å². The molecule has 0 spiro atoms. The summed E-state index contributed by atoms with van der Waals surface area (Å²) in [7, 11) is 0. The maximum atomic E-state index is 11.5. The van der Waals surface area contributed by atoms with Crippen molar-refractivity contribution in [1.29, 1.82) is 0 Å². The van der Waals surface area contributed by atoms with E-state index in [0.29, 0.717) is 13.0 Å². The molecule has 5 heteroatoms. The van der Waals surface area contributed by atoms with Gasteiger partial charge in [0.15, 0.2) is 0 Å². The highest BCUT2D eigenvalue weighted by atomic mass is 32.1. The monoisotopic (exact) mass is 293 g/mol. The standard InChI is InChI=1S/C14H15NO2S2/c16-13(12-5-8-19-10-12)3-6-15-14(17)2-1-11-4-7-18-9-11/h1-2,4-5,7-10,13,16H,3,6H2,(H,15,17)/b2-1+/t13-/m1/s1. The fourth-order valence-electron chi connectivity index (χ4n) is 1.56. The molecule has 0 aromatic carbocycles. The Morgan fingerprint density at radius 3 is 2.79 bits per heavy atom. The van der Waals surface area contributed by atoms with Gasteiger partial charge in [-0.2, -0.15) is 22.7 Å². The van der Waals surface area contributed by atoms with Crippen molar-refractivity contribution in [3.63, 3.8) is 0 Å². The number of nitrogens with one attached hydrogen (secondary N) is 1. The third-order valence-electron chi connectivity index (χ3n) is 2.62. The van der Waals surface area contributed by atoms with Crippen molar-refractivity contribution in [2.45, 2.75) is 12.5 Å². The summed E-state index contributed by atoms with van der Waals surface area (Å²) >= 11 is 3.15. The van der Waals surface area contributed by atoms with Gasteiger partial charge < -0.3 is 10.4 Å². The van der Waals surface area contributed by atoms with Crippen molar-refractivity contribution in [2.24, 2.45) is 0 Å². The summed E-state index contributed by atoms with van der Waals surface area (Å²) in [6.45, 7) is 0.462. The second-order valence-corrected chi connectivity index (χ2v) is 5.60. The molecule has 2 N–H and O–H groups in total. The van der Waals surface area contributed by atoms with Gasteiger partial charge in [0.05, 0.1) is 6.10 Å². The van der Waals surface area contributed by atoms with Crippen molar-refractivity contribution >= 4 is 34.7 Å². The van der Waals surface area contributed by atoms with E-state index in [4.69, 9.17) is 0 Å². The van der Waals surface area contributed by atoms with Gasteiger partial charge >= 0.3 is 0 Å². The molecular formula is C14H15NO2S2. The van der Waals surface area contributed by atoms with E-state index in [-0.39, 0.29) is 5.91 Å². The van der Waals surface area contributed by atoms with E-state index in [9.17, 15) is 9.90 Å². The first-order valence-electron chi connectivity index (χ1n) is 5.94. The maximum Gasteiger partial charge on any atom is 0.244 e. The molecule has 1 amide bonds. The van der Waals surface area contributed by atoms with E-state index < -0.39 is 6.10 Å². The Kier molecular flexibility index (Phi) is 5.32. The van der Waals surface area contributed by atoms with Crippen molar-refractivity contribution < 1.29 is 9.90 Å². The van der Waals surface area contributed by atoms with Gasteiger partial charge in [0.1, 0.15) is 0 Å². The predicted molar refractivity (Wildman–Crippen MR) is 80.3 cm³/mol. The molecule has 0 unspecified atom stereocenters. The number of rotatable bonds is 6. The van der Waals surface area contributed by atoms with Gasteiger partial charge in [0, 0.05) is 12.6 Å². The summed E-state index contributed by atoms with van der Waals surface area (Å²) in [5.74, 6) is -0.135. The fraction of sp³-hybridized carbons (Fsp3) is 0.214. The maximum absolute atomic E-state index is 11.5. The molecule has 3 nitrogen and oxygen atoms in total. The number of hydrogen-bond donors (Lipinski definition) is 2. The second-order valence-electron chi connectivity index (χ2n) is 4.04. The van der Waals surface area contributed by atoms with Crippen LogP contribution in [0.1, 0.15) is 23.7 Å². The molecule has 2 rings (SSSR count). The van der Waals surface area contributed by atoms with Gasteiger partial charge in [-0.1, -0.05) is 0 Å². The first-order chi connectivity index (χ1) is 9.25. The summed E-state index contributed by atoms with van der Waals surface area (Å²) in [5, 5.41) is 20.4. The van der Waals surface area contributed by atoms with Gasteiger partial charge in [0.25, 0.3) is 0 Å². The fourth-order valence-corrected chi connectivity index (χ4v) is 2.90. The topological polar surface area (TPSA) is 49.3 Å². The minimum absolute atomic E-state index is 0.135. The molecule has 1 atom stereocenters. The Hall–Kier alpha value is -1.43. The van der Waals surface area contributed by atoms with Crippen LogP contribution in [0.3, 0.4) is 0 Å². The van der Waals surface area contributed by atoms with Crippen molar-refractivity contribution in [3.05, 3.63) is 50.9 Å². The highest BCUT2D eigenvalue weighted by Gasteiger charge is 2.07. The zero-order valence-corrected chi connectivity index (χ0v) is 11.9. The summed E-state index contributed by atoms with van der Waals surface area (Å²) < 4.78 is 0. The van der Waals surface area contributed by atoms with Crippen LogP contribution >= 0.6 is 22.7 Å². The van der Waals surface area contributed by atoms with Gasteiger partial charge in [-0.25, -0.2) is 0 Å². The SMILES string of the molecule is O=C(/C=C/c1ccsc1)NCC[C@@H](O)c1ccsc1. The van der Waals surface area contributed by atoms with E-state index in [1.165, 1.54) is 6.08 Å². The molecule has 0 saturated carbocycles. The van der Waals surface area contributed by atoms with E-state index in [0.717, 1.165) is 11.1 Å². The summed E-state index contributed by atoms with van der Waals surface area (Å²) in [5.41, 5.74) is 1.94. The average Bonchev–Trinajstić information content (AvgIpc) is 3.09. The lowest BCUT2D eigenvalue weighted by Crippen LogP contribution is -2.23. The lowest BCUT2D eigenvalue weighted by atomic mass is 10.1. The average molecular weight is 293 g/mol. The molecule has 19 heavy (non-hydrogen) atoms. The quantitative estimate of drug-likeness (QED) is 0.804. The summed E-state index contributed by atoms with van der Waals surface area (Å²) in [6.07, 6.45) is 3.31. The highest BCUT2D eigenvalue weighted by Crippen LogP contribution is 2.18. The molecule has 0 aliphatic rings. The Labute approximate surface area is 120 Å². The van der Waals surface area contributed by atoms with Gasteiger partial charge in [0.2, 0.25) is 5.91 Å². The number of aliphatic hydroxyl groups excluding tert-OH is 1. The van der Waals surface area contributed by atoms with Gasteiger partial charge in [-0.3, -0.25) is 4.79 Å². The lowest BCUT2D eigenvalue weighted by molar-refractivity contribution is -0.116. The van der Waals surface area contributed by atoms with Crippen LogP contribution < -0.4 is 5.32 Å². The molecule has 0 saturated heterocycles. The predicted octanol–water partition coefficient (Wildman–Crippen LogP) is 3.06. The third kappa shape index (κ3) is 4.63. The zero-order chi connectivity index (χ0) is 13.5. The van der Waals surface area contributed by atoms with Gasteiger partial charge in [-0.15, -0.1) is 0 Å². The van der Waals surface area contributed by atoms with Crippen LogP contribution in [0.15, 0.2) is 39.7 Å². The van der Waals surface area contributed by atoms with Crippen molar-refractivity contribution in [2.75, 3.05) is 6.54 Å². The molecule has 2 aromatic rings. The minimum Gasteiger partial charge on any atom is -0.388 e. The molecule has 0 bridgehead atoms. The van der Waals surface area contributed by atoms with Crippen molar-refractivity contribution in [1.82, 2.24) is 5.32 Å². The lowest BCUT2D eigenvalue weighted by Gasteiger charge is -2.08. The first kappa shape index (κ1) is 14.0. The number of aliphatic hydroxyl groups is 1. The molecule has 2 aromatic heterocycles. The third-order valence-corrected chi connectivity index (χ3v) is 4.02. The Morgan fingerprint density at radius 1 is 1.32 bits per heavy atom. The van der Waals surface area contributed by atoms with Crippen LogP contribution in [0.2, 0.25) is 0 Å². The zero-order valence-electron chi connectivity index (χ0n) is 10.3. The van der Waals surface area contributed by atoms with Crippen LogP contribution in [0.4, 0.5) is 0 Å². The van der Waals surface area contributed by atoms with Gasteiger partial charge in [-0.05, 0) is 57.3 Å². The van der Waals surface area contributed by atoms with Crippen molar-refractivity contribution in [3.8, 4) is 0 Å². The summed E-state index contributed by atoms with van der Waals surface area (Å²) in [6, 6.07) is 3.85. The highest BCUT2D eigenvalue weighted by molar-refractivity contribution is 7.08. The number of carbonyl (C=O) groups is 1. The molecule has 0 radical (unpaired) electrons. The number of carbonyl (C=O) groups excluding carboxylic acids is 1. The second kappa shape index (κ2) is 7.23. The minimum atomic E-state index is -0.507. The number of thiophene rings is 2. The van der Waals surface area contributed by atoms with E-state index >= 15 is 0 Å². The Balaban J connectivity index is 1.69. The van der Waals surface area contributed by atoms with Crippen LogP contribution in [0, 0.1) is 0 Å². The Bertz CT molecular complexity index is 518. The van der Waals surface area contributed by atoms with E-state index in [1.807, 2.05) is 33.7 Å². The smallest absolute Gasteiger partial charge is 0.244 e. The largest absolute Gasteiger partial charge is 0.388 e. The van der Waals surface area contributed by atoms with E-state index in [2.05, 4.69) is 5.32 Å². The molecular weight excluding hydrogens is 278 g/mol. The number of amides is 1. The molecule has 0 fully saturated rings.